The van der Waals surface area contributed by atoms with Gasteiger partial charge in [-0.05, 0) is 0 Å². The van der Waals surface area contributed by atoms with Crippen molar-refractivity contribution in [1.29, 1.82) is 0 Å². The molecule has 2 aromatic heterocycles. The summed E-state index contributed by atoms with van der Waals surface area (Å²) in [5.41, 5.74) is 0.402. The van der Waals surface area contributed by atoms with Crippen LogP contribution in [0, 0.1) is 0 Å². The van der Waals surface area contributed by atoms with Crippen LogP contribution in [0.25, 0.3) is 11.2 Å². The van der Waals surface area contributed by atoms with Crippen LogP contribution in [0.15, 0.2) is 12.7 Å². The fourth-order valence-electron chi connectivity index (χ4n) is 2.17. The van der Waals surface area contributed by atoms with Gasteiger partial charge in [0.2, 0.25) is 5.88 Å². The first kappa shape index (κ1) is 13.6. The first-order valence-electron chi connectivity index (χ1n) is 5.71. The lowest BCUT2D eigenvalue weighted by Crippen LogP contribution is -2.36. The van der Waals surface area contributed by atoms with Gasteiger partial charge in [-0.3, -0.25) is 4.57 Å². The first-order chi connectivity index (χ1) is 9.50. The molecular formula is C10H11BrN4O5. The van der Waals surface area contributed by atoms with Gasteiger partial charge < -0.3 is 25.2 Å². The van der Waals surface area contributed by atoms with Gasteiger partial charge in [-0.25, -0.2) is 9.97 Å². The lowest BCUT2D eigenvalue weighted by atomic mass is 10.1. The van der Waals surface area contributed by atoms with Gasteiger partial charge in [0.15, 0.2) is 17.4 Å². The van der Waals surface area contributed by atoms with Gasteiger partial charge in [-0.2, -0.15) is 4.98 Å². The predicted molar refractivity (Wildman–Crippen MR) is 67.8 cm³/mol. The molecule has 108 valence electrons. The Labute approximate surface area is 120 Å². The molecule has 1 aliphatic rings. The third kappa shape index (κ3) is 1.96. The number of rotatable bonds is 2. The highest BCUT2D eigenvalue weighted by Gasteiger charge is 2.46. The van der Waals surface area contributed by atoms with Crippen molar-refractivity contribution in [1.82, 2.24) is 19.5 Å². The van der Waals surface area contributed by atoms with E-state index in [2.05, 4.69) is 30.9 Å². The maximum atomic E-state index is 10.0. The van der Waals surface area contributed by atoms with E-state index in [0.29, 0.717) is 0 Å². The van der Waals surface area contributed by atoms with E-state index in [4.69, 9.17) is 4.74 Å². The Kier molecular flexibility index (Phi) is 3.34. The lowest BCUT2D eigenvalue weighted by molar-refractivity contribution is -0.0578. The van der Waals surface area contributed by atoms with E-state index in [1.54, 1.807) is 0 Å². The molecule has 3 rings (SSSR count). The third-order valence-electron chi connectivity index (χ3n) is 3.16. The van der Waals surface area contributed by atoms with Crippen molar-refractivity contribution >= 4 is 27.1 Å². The molecule has 1 saturated heterocycles. The number of aromatic nitrogens is 4. The molecule has 1 fully saturated rings. The number of alkyl halides is 1. The molecule has 1 aliphatic heterocycles. The quantitative estimate of drug-likeness (QED) is 0.501. The number of aromatic hydroxyl groups is 1. The molecule has 0 bridgehead atoms. The summed E-state index contributed by atoms with van der Waals surface area (Å²) in [6, 6.07) is 0. The van der Waals surface area contributed by atoms with Crippen molar-refractivity contribution in [3.63, 3.8) is 0 Å². The number of fused-ring (bicyclic) bond motifs is 1. The van der Waals surface area contributed by atoms with Gasteiger partial charge in [0.25, 0.3) is 0 Å². The molecule has 5 atom stereocenters. The van der Waals surface area contributed by atoms with Gasteiger partial charge in [-0.1, -0.05) is 15.9 Å². The molecule has 3 heterocycles. The summed E-state index contributed by atoms with van der Waals surface area (Å²) in [6.07, 6.45) is -2.08. The minimum atomic E-state index is -1.28. The van der Waals surface area contributed by atoms with Crippen LogP contribution in [0.1, 0.15) is 6.23 Å². The summed E-state index contributed by atoms with van der Waals surface area (Å²) < 4.78 is 6.78. The molecule has 10 heteroatoms. The number of aliphatic hydroxyl groups excluding tert-OH is 3. The molecule has 9 nitrogen and oxygen atoms in total. The summed E-state index contributed by atoms with van der Waals surface area (Å²) in [4.78, 5) is 11.5. The number of ether oxygens (including phenoxy) is 1. The SMILES string of the molecule is Oc1ncnc2c1ncn2[C@@H]1O[C@H](C(O)Br)[C@@H](O)[C@H]1O. The molecular weight excluding hydrogens is 336 g/mol. The van der Waals surface area contributed by atoms with Crippen molar-refractivity contribution in [3.8, 4) is 5.88 Å². The summed E-state index contributed by atoms with van der Waals surface area (Å²) in [7, 11) is 0. The highest BCUT2D eigenvalue weighted by atomic mass is 79.9. The van der Waals surface area contributed by atoms with E-state index >= 15 is 0 Å². The van der Waals surface area contributed by atoms with E-state index in [0.717, 1.165) is 6.33 Å². The van der Waals surface area contributed by atoms with Crippen LogP contribution in [0.3, 0.4) is 0 Å². The van der Waals surface area contributed by atoms with Crippen molar-refractivity contribution in [2.75, 3.05) is 0 Å². The molecule has 0 spiro atoms. The smallest absolute Gasteiger partial charge is 0.242 e. The van der Waals surface area contributed by atoms with Crippen LogP contribution in [0.2, 0.25) is 0 Å². The largest absolute Gasteiger partial charge is 0.492 e. The zero-order valence-electron chi connectivity index (χ0n) is 9.91. The van der Waals surface area contributed by atoms with Crippen LogP contribution in [-0.4, -0.2) is 63.3 Å². The van der Waals surface area contributed by atoms with E-state index in [-0.39, 0.29) is 17.0 Å². The first-order valence-corrected chi connectivity index (χ1v) is 6.62. The maximum absolute atomic E-state index is 10.0. The average Bonchev–Trinajstić information content (AvgIpc) is 2.94. The van der Waals surface area contributed by atoms with Crippen LogP contribution in [0.5, 0.6) is 5.88 Å². The molecule has 0 aromatic carbocycles. The Bertz CT molecular complexity index is 635. The van der Waals surface area contributed by atoms with Crippen molar-refractivity contribution in [2.45, 2.75) is 29.6 Å². The van der Waals surface area contributed by atoms with Crippen LogP contribution < -0.4 is 0 Å². The summed E-state index contributed by atoms with van der Waals surface area (Å²) >= 11 is 2.89. The molecule has 0 amide bonds. The van der Waals surface area contributed by atoms with Crippen molar-refractivity contribution < 1.29 is 25.2 Å². The summed E-state index contributed by atoms with van der Waals surface area (Å²) in [5.74, 6) is -0.293. The zero-order valence-corrected chi connectivity index (χ0v) is 11.5. The molecule has 0 aliphatic carbocycles. The second kappa shape index (κ2) is 4.90. The Balaban J connectivity index is 2.02. The second-order valence-electron chi connectivity index (χ2n) is 4.37. The number of nitrogens with zero attached hydrogens (tertiary/aromatic N) is 4. The summed E-state index contributed by atoms with van der Waals surface area (Å²) in [5, 5.41) is 37.7. The molecule has 1 unspecified atom stereocenters. The molecule has 0 radical (unpaired) electrons. The van der Waals surface area contributed by atoms with E-state index < -0.39 is 29.6 Å². The highest BCUT2D eigenvalue weighted by Crippen LogP contribution is 2.34. The highest BCUT2D eigenvalue weighted by molar-refractivity contribution is 9.09. The minimum Gasteiger partial charge on any atom is -0.492 e. The molecule has 2 aromatic rings. The monoisotopic (exact) mass is 346 g/mol. The Morgan fingerprint density at radius 2 is 2.00 bits per heavy atom. The van der Waals surface area contributed by atoms with Crippen molar-refractivity contribution in [2.24, 2.45) is 0 Å². The van der Waals surface area contributed by atoms with Crippen LogP contribution >= 0.6 is 15.9 Å². The lowest BCUT2D eigenvalue weighted by Gasteiger charge is -2.16. The van der Waals surface area contributed by atoms with Gasteiger partial charge in [0.1, 0.15) is 29.7 Å². The number of hydrogen-bond donors (Lipinski definition) is 4. The maximum Gasteiger partial charge on any atom is 0.242 e. The fraction of sp³-hybridized carbons (Fsp3) is 0.500. The Morgan fingerprint density at radius 3 is 2.65 bits per heavy atom. The second-order valence-corrected chi connectivity index (χ2v) is 5.30. The van der Waals surface area contributed by atoms with E-state index in [1.807, 2.05) is 0 Å². The molecule has 4 N–H and O–H groups in total. The topological polar surface area (TPSA) is 134 Å². The molecule has 20 heavy (non-hydrogen) atoms. The predicted octanol–water partition coefficient (Wildman–Crippen LogP) is -1.14. The Hall–Kier alpha value is -1.33. The normalized spacial score (nSPS) is 31.8. The summed E-state index contributed by atoms with van der Waals surface area (Å²) in [6.45, 7) is 0. The fourth-order valence-corrected chi connectivity index (χ4v) is 2.61. The van der Waals surface area contributed by atoms with E-state index in [1.165, 1.54) is 10.9 Å². The van der Waals surface area contributed by atoms with Gasteiger partial charge >= 0.3 is 0 Å². The van der Waals surface area contributed by atoms with Gasteiger partial charge in [0, 0.05) is 0 Å². The number of aliphatic hydroxyl groups is 3. The minimum absolute atomic E-state index is 0.153. The Morgan fingerprint density at radius 1 is 1.25 bits per heavy atom. The van der Waals surface area contributed by atoms with Crippen LogP contribution in [0.4, 0.5) is 0 Å². The number of hydrogen-bond acceptors (Lipinski definition) is 8. The van der Waals surface area contributed by atoms with Crippen molar-refractivity contribution in [3.05, 3.63) is 12.7 Å². The van der Waals surface area contributed by atoms with Gasteiger partial charge in [-0.15, -0.1) is 0 Å². The van der Waals surface area contributed by atoms with Gasteiger partial charge in [0.05, 0.1) is 6.33 Å². The van der Waals surface area contributed by atoms with Crippen LogP contribution in [-0.2, 0) is 4.74 Å². The average molecular weight is 347 g/mol. The molecule has 0 saturated carbocycles. The number of imidazole rings is 1. The van der Waals surface area contributed by atoms with E-state index in [9.17, 15) is 20.4 Å². The zero-order chi connectivity index (χ0) is 14.4. The number of halogens is 1. The standard InChI is InChI=1S/C10H11BrN4O5/c11-7(18)6-4(16)5(17)10(20-6)15-2-14-3-8(15)12-1-13-9(3)19/h1-2,4-7,10,16-18H,(H,12,13,19)/t4-,5+,6-,7?,10+/m0/s1. The third-order valence-corrected chi connectivity index (χ3v) is 3.68.